The number of ether oxygens (including phenoxy) is 1. The lowest BCUT2D eigenvalue weighted by Gasteiger charge is -2.27. The quantitative estimate of drug-likeness (QED) is 0.751. The number of rotatable bonds is 4. The summed E-state index contributed by atoms with van der Waals surface area (Å²) in [4.78, 5) is 11.7. The van der Waals surface area contributed by atoms with Crippen LogP contribution in [0.25, 0.3) is 0 Å². The average molecular weight is 227 g/mol. The lowest BCUT2D eigenvalue weighted by molar-refractivity contribution is -0.152. The molecule has 0 aliphatic heterocycles. The molecule has 3 heteroatoms. The third-order valence-corrected chi connectivity index (χ3v) is 3.27. The molecule has 0 aromatic carbocycles. The number of hydrogen-bond acceptors (Lipinski definition) is 3. The van der Waals surface area contributed by atoms with E-state index in [4.69, 9.17) is 10.5 Å². The molecule has 0 saturated heterocycles. The fraction of sp³-hybridized carbons (Fsp3) is 0.923. The smallest absolute Gasteiger partial charge is 0.323 e. The van der Waals surface area contributed by atoms with Crippen molar-refractivity contribution in [3.05, 3.63) is 0 Å². The number of carbonyl (C=O) groups excluding carboxylic acids is 1. The third-order valence-electron chi connectivity index (χ3n) is 3.27. The van der Waals surface area contributed by atoms with Gasteiger partial charge in [-0.25, -0.2) is 0 Å². The van der Waals surface area contributed by atoms with Gasteiger partial charge in [-0.2, -0.15) is 0 Å². The Hall–Kier alpha value is -0.570. The maximum Gasteiger partial charge on any atom is 0.323 e. The van der Waals surface area contributed by atoms with Crippen LogP contribution < -0.4 is 5.73 Å². The predicted octanol–water partition coefficient (Wildman–Crippen LogP) is 2.48. The number of hydrogen-bond donors (Lipinski definition) is 1. The summed E-state index contributed by atoms with van der Waals surface area (Å²) in [7, 11) is 0. The van der Waals surface area contributed by atoms with E-state index in [1.54, 1.807) is 0 Å². The maximum atomic E-state index is 11.7. The molecule has 0 bridgehead atoms. The monoisotopic (exact) mass is 227 g/mol. The fourth-order valence-electron chi connectivity index (χ4n) is 2.20. The summed E-state index contributed by atoms with van der Waals surface area (Å²) >= 11 is 0. The van der Waals surface area contributed by atoms with Crippen LogP contribution in [0.4, 0.5) is 0 Å². The van der Waals surface area contributed by atoms with Gasteiger partial charge in [-0.1, -0.05) is 20.8 Å². The highest BCUT2D eigenvalue weighted by Crippen LogP contribution is 2.25. The first-order valence-electron chi connectivity index (χ1n) is 6.45. The van der Waals surface area contributed by atoms with Crippen molar-refractivity contribution >= 4 is 5.97 Å². The minimum atomic E-state index is -0.445. The normalized spacial score (nSPS) is 27.8. The predicted molar refractivity (Wildman–Crippen MR) is 64.9 cm³/mol. The molecule has 3 nitrogen and oxygen atoms in total. The Morgan fingerprint density at radius 1 is 1.31 bits per heavy atom. The van der Waals surface area contributed by atoms with Crippen molar-refractivity contribution < 1.29 is 9.53 Å². The van der Waals surface area contributed by atoms with Crippen LogP contribution in [0, 0.1) is 11.8 Å². The zero-order valence-corrected chi connectivity index (χ0v) is 10.7. The van der Waals surface area contributed by atoms with Crippen molar-refractivity contribution in [1.29, 1.82) is 0 Å². The van der Waals surface area contributed by atoms with E-state index in [1.807, 2.05) is 0 Å². The van der Waals surface area contributed by atoms with Gasteiger partial charge in [0.1, 0.15) is 12.1 Å². The first-order valence-corrected chi connectivity index (χ1v) is 6.45. The molecule has 1 atom stereocenters. The molecule has 0 unspecified atom stereocenters. The Kier molecular flexibility index (Phi) is 5.26. The number of carbonyl (C=O) groups is 1. The van der Waals surface area contributed by atoms with E-state index >= 15 is 0 Å². The average Bonchev–Trinajstić information content (AvgIpc) is 2.20. The van der Waals surface area contributed by atoms with Crippen LogP contribution in [0.15, 0.2) is 0 Å². The molecule has 0 aromatic rings. The molecule has 1 saturated carbocycles. The first kappa shape index (κ1) is 13.5. The summed E-state index contributed by atoms with van der Waals surface area (Å²) in [6.07, 6.45) is 5.15. The molecule has 16 heavy (non-hydrogen) atoms. The third kappa shape index (κ3) is 4.52. The fourth-order valence-corrected chi connectivity index (χ4v) is 2.20. The van der Waals surface area contributed by atoms with E-state index in [0.717, 1.165) is 31.6 Å². The van der Waals surface area contributed by atoms with Crippen molar-refractivity contribution in [3.63, 3.8) is 0 Å². The van der Waals surface area contributed by atoms with Crippen LogP contribution in [-0.4, -0.2) is 18.1 Å². The van der Waals surface area contributed by atoms with Crippen molar-refractivity contribution in [1.82, 2.24) is 0 Å². The van der Waals surface area contributed by atoms with Crippen LogP contribution in [-0.2, 0) is 9.53 Å². The molecule has 0 heterocycles. The lowest BCUT2D eigenvalue weighted by Crippen LogP contribution is -2.36. The Labute approximate surface area is 98.7 Å². The molecular formula is C13H25NO2. The molecule has 2 N–H and O–H groups in total. The second kappa shape index (κ2) is 6.24. The molecule has 1 rings (SSSR count). The Morgan fingerprint density at radius 3 is 2.38 bits per heavy atom. The van der Waals surface area contributed by atoms with Gasteiger partial charge in [0.15, 0.2) is 0 Å². The Bertz CT molecular complexity index is 220. The van der Waals surface area contributed by atoms with Crippen molar-refractivity contribution in [2.24, 2.45) is 17.6 Å². The summed E-state index contributed by atoms with van der Waals surface area (Å²) in [6.45, 7) is 6.38. The maximum absolute atomic E-state index is 11.7. The summed E-state index contributed by atoms with van der Waals surface area (Å²) in [6, 6.07) is -0.445. The summed E-state index contributed by atoms with van der Waals surface area (Å²) in [5.74, 6) is 1.00. The first-order chi connectivity index (χ1) is 7.49. The highest BCUT2D eigenvalue weighted by Gasteiger charge is 2.24. The zero-order valence-electron chi connectivity index (χ0n) is 10.7. The topological polar surface area (TPSA) is 52.3 Å². The summed E-state index contributed by atoms with van der Waals surface area (Å²) in [5, 5.41) is 0. The highest BCUT2D eigenvalue weighted by molar-refractivity contribution is 5.75. The second-order valence-corrected chi connectivity index (χ2v) is 5.55. The van der Waals surface area contributed by atoms with Gasteiger partial charge in [0.05, 0.1) is 0 Å². The van der Waals surface area contributed by atoms with E-state index in [0.29, 0.717) is 12.3 Å². The minimum absolute atomic E-state index is 0.113. The SMILES string of the molecule is CC(C)C[C@H](N)C(=O)OC1CCC(C)CC1. The van der Waals surface area contributed by atoms with Crippen molar-refractivity contribution in [3.8, 4) is 0 Å². The summed E-state index contributed by atoms with van der Waals surface area (Å²) < 4.78 is 5.44. The van der Waals surface area contributed by atoms with Gasteiger partial charge in [0.2, 0.25) is 0 Å². The Morgan fingerprint density at radius 2 is 1.88 bits per heavy atom. The lowest BCUT2D eigenvalue weighted by atomic mass is 9.89. The van der Waals surface area contributed by atoms with Crippen molar-refractivity contribution in [2.75, 3.05) is 0 Å². The van der Waals surface area contributed by atoms with E-state index in [1.165, 1.54) is 0 Å². The van der Waals surface area contributed by atoms with E-state index in [-0.39, 0.29) is 12.1 Å². The molecule has 0 spiro atoms. The van der Waals surface area contributed by atoms with Crippen LogP contribution in [0.1, 0.15) is 52.9 Å². The molecule has 94 valence electrons. The molecular weight excluding hydrogens is 202 g/mol. The molecule has 0 amide bonds. The highest BCUT2D eigenvalue weighted by atomic mass is 16.5. The van der Waals surface area contributed by atoms with E-state index < -0.39 is 6.04 Å². The second-order valence-electron chi connectivity index (χ2n) is 5.55. The standard InChI is InChI=1S/C13H25NO2/c1-9(2)8-12(14)13(15)16-11-6-4-10(3)5-7-11/h9-12H,4-8,14H2,1-3H3/t10?,11?,12-/m0/s1. The van der Waals surface area contributed by atoms with E-state index in [9.17, 15) is 4.79 Å². The van der Waals surface area contributed by atoms with Crippen LogP contribution >= 0.6 is 0 Å². The largest absolute Gasteiger partial charge is 0.461 e. The van der Waals surface area contributed by atoms with Crippen LogP contribution in [0.5, 0.6) is 0 Å². The van der Waals surface area contributed by atoms with Gasteiger partial charge in [-0.05, 0) is 43.9 Å². The molecule has 1 aliphatic rings. The number of nitrogens with two attached hydrogens (primary N) is 1. The molecule has 1 fully saturated rings. The minimum Gasteiger partial charge on any atom is -0.461 e. The molecule has 0 aromatic heterocycles. The van der Waals surface area contributed by atoms with Gasteiger partial charge in [-0.3, -0.25) is 4.79 Å². The van der Waals surface area contributed by atoms with Gasteiger partial charge in [-0.15, -0.1) is 0 Å². The molecule has 1 aliphatic carbocycles. The van der Waals surface area contributed by atoms with Crippen LogP contribution in [0.3, 0.4) is 0 Å². The van der Waals surface area contributed by atoms with Gasteiger partial charge in [0.25, 0.3) is 0 Å². The summed E-state index contributed by atoms with van der Waals surface area (Å²) in [5.41, 5.74) is 5.79. The Balaban J connectivity index is 2.28. The number of esters is 1. The molecule has 0 radical (unpaired) electrons. The van der Waals surface area contributed by atoms with Gasteiger partial charge < -0.3 is 10.5 Å². The van der Waals surface area contributed by atoms with Crippen molar-refractivity contribution in [2.45, 2.75) is 65.0 Å². The zero-order chi connectivity index (χ0) is 12.1. The van der Waals surface area contributed by atoms with Crippen LogP contribution in [0.2, 0.25) is 0 Å². The van der Waals surface area contributed by atoms with Gasteiger partial charge >= 0.3 is 5.97 Å². The van der Waals surface area contributed by atoms with E-state index in [2.05, 4.69) is 20.8 Å². The van der Waals surface area contributed by atoms with Gasteiger partial charge in [0, 0.05) is 0 Å².